The Kier molecular flexibility index (Phi) is 6.34. The quantitative estimate of drug-likeness (QED) is 0.321. The molecule has 4 rings (SSSR count). The summed E-state index contributed by atoms with van der Waals surface area (Å²) < 4.78 is 5.22. The van der Waals surface area contributed by atoms with E-state index >= 15 is 0 Å². The van der Waals surface area contributed by atoms with Crippen LogP contribution in [-0.4, -0.2) is 34.8 Å². The summed E-state index contributed by atoms with van der Waals surface area (Å²) >= 11 is 6.10. The number of ketones is 1. The number of ether oxygens (including phenoxy) is 1. The first-order valence-electron chi connectivity index (χ1n) is 10.2. The molecular weight excluding hydrogens is 458 g/mol. The molecule has 1 saturated heterocycles. The van der Waals surface area contributed by atoms with Crippen molar-refractivity contribution in [1.82, 2.24) is 4.98 Å². The molecule has 8 nitrogen and oxygen atoms in total. The summed E-state index contributed by atoms with van der Waals surface area (Å²) in [6, 6.07) is 13.5. The van der Waals surface area contributed by atoms with Crippen molar-refractivity contribution in [2.24, 2.45) is 0 Å². The number of carbonyl (C=O) groups excluding carboxylic acids is 3. The Morgan fingerprint density at radius 3 is 2.53 bits per heavy atom. The van der Waals surface area contributed by atoms with Gasteiger partial charge in [-0.05, 0) is 54.1 Å². The molecule has 0 bridgehead atoms. The topological polar surface area (TPSA) is 109 Å². The number of aliphatic hydroxyl groups excluding tert-OH is 1. The van der Waals surface area contributed by atoms with Crippen LogP contribution in [0.5, 0.6) is 5.75 Å². The van der Waals surface area contributed by atoms with Crippen LogP contribution < -0.4 is 15.0 Å². The third-order valence-corrected chi connectivity index (χ3v) is 5.65. The molecule has 2 N–H and O–H groups in total. The Labute approximate surface area is 200 Å². The van der Waals surface area contributed by atoms with E-state index in [4.69, 9.17) is 16.3 Å². The van der Waals surface area contributed by atoms with Gasteiger partial charge in [0, 0.05) is 36.3 Å². The number of rotatable bonds is 5. The van der Waals surface area contributed by atoms with Gasteiger partial charge in [0.25, 0.3) is 11.7 Å². The number of anilines is 2. The molecule has 1 aliphatic heterocycles. The van der Waals surface area contributed by atoms with Crippen molar-refractivity contribution in [3.63, 3.8) is 0 Å². The van der Waals surface area contributed by atoms with E-state index in [9.17, 15) is 19.5 Å². The Bertz CT molecular complexity index is 1320. The van der Waals surface area contributed by atoms with Gasteiger partial charge < -0.3 is 15.2 Å². The van der Waals surface area contributed by atoms with Crippen molar-refractivity contribution in [2.75, 3.05) is 17.3 Å². The number of nitrogens with one attached hydrogen (secondary N) is 1. The molecule has 0 spiro atoms. The van der Waals surface area contributed by atoms with Gasteiger partial charge in [-0.15, -0.1) is 0 Å². The summed E-state index contributed by atoms with van der Waals surface area (Å²) in [4.78, 5) is 43.3. The molecule has 1 aliphatic rings. The van der Waals surface area contributed by atoms with Gasteiger partial charge in [-0.1, -0.05) is 17.7 Å². The van der Waals surface area contributed by atoms with Gasteiger partial charge in [-0.2, -0.15) is 0 Å². The molecule has 3 aromatic rings. The molecular formula is C25H20ClN3O5. The second-order valence-corrected chi connectivity index (χ2v) is 7.94. The number of Topliss-reactive ketones (excluding diaryl/α,β-unsaturated/α-hetero) is 1. The van der Waals surface area contributed by atoms with Crippen LogP contribution in [0.15, 0.2) is 72.6 Å². The number of nitrogens with zero attached hydrogens (tertiary/aromatic N) is 2. The molecule has 34 heavy (non-hydrogen) atoms. The minimum atomic E-state index is -0.933. The van der Waals surface area contributed by atoms with E-state index in [1.165, 1.54) is 49.5 Å². The maximum atomic E-state index is 13.2. The van der Waals surface area contributed by atoms with E-state index in [0.717, 1.165) is 0 Å². The smallest absolute Gasteiger partial charge is 0.300 e. The van der Waals surface area contributed by atoms with Gasteiger partial charge >= 0.3 is 0 Å². The minimum absolute atomic E-state index is 0.0921. The normalized spacial score (nSPS) is 17.0. The van der Waals surface area contributed by atoms with Crippen LogP contribution in [0.2, 0.25) is 5.02 Å². The summed E-state index contributed by atoms with van der Waals surface area (Å²) in [5.41, 5.74) is 1.59. The predicted molar refractivity (Wildman–Crippen MR) is 128 cm³/mol. The third kappa shape index (κ3) is 4.23. The van der Waals surface area contributed by atoms with E-state index in [0.29, 0.717) is 27.7 Å². The highest BCUT2D eigenvalue weighted by Crippen LogP contribution is 2.43. The van der Waals surface area contributed by atoms with Crippen LogP contribution in [0.25, 0.3) is 5.76 Å². The van der Waals surface area contributed by atoms with Gasteiger partial charge in [0.15, 0.2) is 0 Å². The largest absolute Gasteiger partial charge is 0.507 e. The van der Waals surface area contributed by atoms with Crippen LogP contribution in [0.4, 0.5) is 11.4 Å². The fourth-order valence-electron chi connectivity index (χ4n) is 3.86. The average Bonchev–Trinajstić information content (AvgIpc) is 3.09. The minimum Gasteiger partial charge on any atom is -0.507 e. The Morgan fingerprint density at radius 1 is 1.12 bits per heavy atom. The Balaban J connectivity index is 1.91. The molecule has 1 unspecified atom stereocenters. The number of carbonyl (C=O) groups is 3. The molecule has 1 fully saturated rings. The summed E-state index contributed by atoms with van der Waals surface area (Å²) in [5, 5.41) is 14.2. The monoisotopic (exact) mass is 477 g/mol. The van der Waals surface area contributed by atoms with Crippen LogP contribution >= 0.6 is 11.6 Å². The van der Waals surface area contributed by atoms with E-state index in [2.05, 4.69) is 10.3 Å². The van der Waals surface area contributed by atoms with Crippen molar-refractivity contribution in [3.8, 4) is 5.75 Å². The molecule has 2 aromatic carbocycles. The molecule has 1 atom stereocenters. The van der Waals surface area contributed by atoms with E-state index in [1.807, 2.05) is 0 Å². The molecule has 0 saturated carbocycles. The zero-order valence-corrected chi connectivity index (χ0v) is 19.0. The molecule has 1 aromatic heterocycles. The molecule has 0 aliphatic carbocycles. The van der Waals surface area contributed by atoms with Gasteiger partial charge in [-0.25, -0.2) is 0 Å². The number of benzene rings is 2. The third-order valence-electron chi connectivity index (χ3n) is 5.34. The first kappa shape index (κ1) is 23.0. The Hall–Kier alpha value is -4.17. The predicted octanol–water partition coefficient (Wildman–Crippen LogP) is 4.33. The number of hydrogen-bond donors (Lipinski definition) is 2. The fourth-order valence-corrected chi connectivity index (χ4v) is 4.05. The van der Waals surface area contributed by atoms with Crippen LogP contribution in [0.3, 0.4) is 0 Å². The lowest BCUT2D eigenvalue weighted by atomic mass is 9.95. The zero-order chi connectivity index (χ0) is 24.4. The summed E-state index contributed by atoms with van der Waals surface area (Å²) in [7, 11) is 1.43. The van der Waals surface area contributed by atoms with Crippen molar-refractivity contribution in [1.29, 1.82) is 0 Å². The molecule has 172 valence electrons. The summed E-state index contributed by atoms with van der Waals surface area (Å²) in [6.07, 6.45) is 3.07. The van der Waals surface area contributed by atoms with E-state index < -0.39 is 17.7 Å². The first-order valence-corrected chi connectivity index (χ1v) is 10.6. The number of amides is 2. The number of halogens is 1. The number of pyridine rings is 1. The fraction of sp³-hybridized carbons (Fsp3) is 0.120. The maximum absolute atomic E-state index is 13.2. The standard InChI is InChI=1S/C25H20ClN3O5/c1-14(30)28-17-4-3-5-18(13-17)29-22(15-8-10-27-11-9-15)21(24(32)25(29)33)23(31)16-6-7-19(26)20(12-16)34-2/h3-13,22,31H,1-2H3,(H,28,30)/b23-21+. The number of hydrogen-bond acceptors (Lipinski definition) is 6. The average molecular weight is 478 g/mol. The highest BCUT2D eigenvalue weighted by atomic mass is 35.5. The van der Waals surface area contributed by atoms with E-state index in [1.54, 1.807) is 36.4 Å². The van der Waals surface area contributed by atoms with Crippen molar-refractivity contribution >= 4 is 46.3 Å². The van der Waals surface area contributed by atoms with Gasteiger partial charge in [-0.3, -0.25) is 24.3 Å². The zero-order valence-electron chi connectivity index (χ0n) is 18.3. The molecule has 2 heterocycles. The second kappa shape index (κ2) is 9.36. The lowest BCUT2D eigenvalue weighted by Gasteiger charge is -2.25. The SMILES string of the molecule is COc1cc(/C(O)=C2\C(=O)C(=O)N(c3cccc(NC(C)=O)c3)C2c2ccncc2)ccc1Cl. The van der Waals surface area contributed by atoms with E-state index in [-0.39, 0.29) is 22.8 Å². The Morgan fingerprint density at radius 2 is 1.85 bits per heavy atom. The molecule has 2 amide bonds. The highest BCUT2D eigenvalue weighted by Gasteiger charge is 2.47. The second-order valence-electron chi connectivity index (χ2n) is 7.53. The van der Waals surface area contributed by atoms with Crippen molar-refractivity contribution in [2.45, 2.75) is 13.0 Å². The van der Waals surface area contributed by atoms with Gasteiger partial charge in [0.2, 0.25) is 5.91 Å². The lowest BCUT2D eigenvalue weighted by Crippen LogP contribution is -2.29. The lowest BCUT2D eigenvalue weighted by molar-refractivity contribution is -0.132. The molecule has 9 heteroatoms. The summed E-state index contributed by atoms with van der Waals surface area (Å²) in [5.74, 6) is -2.00. The van der Waals surface area contributed by atoms with Crippen molar-refractivity contribution in [3.05, 3.63) is 88.7 Å². The van der Waals surface area contributed by atoms with Gasteiger partial charge in [0.1, 0.15) is 11.5 Å². The number of aromatic nitrogens is 1. The molecule has 0 radical (unpaired) electrons. The van der Waals surface area contributed by atoms with Crippen LogP contribution in [0, 0.1) is 0 Å². The van der Waals surface area contributed by atoms with Crippen molar-refractivity contribution < 1.29 is 24.2 Å². The van der Waals surface area contributed by atoms with Gasteiger partial charge in [0.05, 0.1) is 23.7 Å². The first-order chi connectivity index (χ1) is 16.3. The van der Waals surface area contributed by atoms with Crippen LogP contribution in [0.1, 0.15) is 24.1 Å². The number of aliphatic hydroxyl groups is 1. The highest BCUT2D eigenvalue weighted by molar-refractivity contribution is 6.51. The number of methoxy groups -OCH3 is 1. The maximum Gasteiger partial charge on any atom is 0.300 e. The summed E-state index contributed by atoms with van der Waals surface area (Å²) in [6.45, 7) is 1.37. The van der Waals surface area contributed by atoms with Crippen LogP contribution in [-0.2, 0) is 14.4 Å².